The van der Waals surface area contributed by atoms with Gasteiger partial charge < -0.3 is 14.2 Å². The molecule has 0 fully saturated rings. The molecule has 7 nitrogen and oxygen atoms in total. The minimum atomic E-state index is -6.26. The lowest BCUT2D eigenvalue weighted by atomic mass is 10.0. The van der Waals surface area contributed by atoms with Gasteiger partial charge in [0.1, 0.15) is 6.61 Å². The van der Waals surface area contributed by atoms with E-state index >= 15 is 0 Å². The summed E-state index contributed by atoms with van der Waals surface area (Å²) in [7, 11) is 0. The van der Waals surface area contributed by atoms with E-state index in [0.717, 1.165) is 0 Å². The van der Waals surface area contributed by atoms with Gasteiger partial charge in [-0.1, -0.05) is 36.9 Å². The van der Waals surface area contributed by atoms with Gasteiger partial charge in [-0.05, 0) is 11.1 Å². The molecule has 0 N–H and O–H groups in total. The quantitative estimate of drug-likeness (QED) is 0.278. The molecule has 0 bridgehead atoms. The molecule has 0 aliphatic heterocycles. The molecule has 1 rings (SSSR count). The Hall–Kier alpha value is -3.38. The van der Waals surface area contributed by atoms with Gasteiger partial charge in [0.2, 0.25) is 0 Å². The van der Waals surface area contributed by atoms with Crippen LogP contribution in [0.5, 0.6) is 0 Å². The Labute approximate surface area is 177 Å². The van der Waals surface area contributed by atoms with Gasteiger partial charge in [0.05, 0.1) is 0 Å². The van der Waals surface area contributed by atoms with Crippen LogP contribution in [0.1, 0.15) is 31.9 Å². The van der Waals surface area contributed by atoms with Crippen molar-refractivity contribution in [3.8, 4) is 0 Å². The first kappa shape index (κ1) is 28.6. The molecule has 1 aromatic rings. The fourth-order valence-electron chi connectivity index (χ4n) is 1.97. The van der Waals surface area contributed by atoms with E-state index in [9.17, 15) is 45.5 Å². The highest BCUT2D eigenvalue weighted by molar-refractivity contribution is 5.85. The molecule has 0 aliphatic rings. The molecule has 178 valence electrons. The SMILES string of the molecule is C=Cc1ccc(COC(=O)C(OC(C)=O)(C(F)(F)F)C(F)(F)F)cc1.CC(=O)OC(C)=O. The molecule has 0 saturated heterocycles. The molecule has 0 heterocycles. The lowest BCUT2D eigenvalue weighted by Gasteiger charge is -2.33. The zero-order valence-electron chi connectivity index (χ0n) is 16.9. The molecule has 0 atom stereocenters. The van der Waals surface area contributed by atoms with Crippen molar-refractivity contribution in [1.82, 2.24) is 0 Å². The molecule has 0 amide bonds. The van der Waals surface area contributed by atoms with E-state index in [1.807, 2.05) is 0 Å². The highest BCUT2D eigenvalue weighted by atomic mass is 19.4. The maximum absolute atomic E-state index is 13.0. The Morgan fingerprint density at radius 3 is 1.56 bits per heavy atom. The Morgan fingerprint density at radius 2 is 1.28 bits per heavy atom. The minimum absolute atomic E-state index is 0.125. The topological polar surface area (TPSA) is 96.0 Å². The van der Waals surface area contributed by atoms with Crippen molar-refractivity contribution in [2.75, 3.05) is 0 Å². The summed E-state index contributed by atoms with van der Waals surface area (Å²) in [4.78, 5) is 42.0. The van der Waals surface area contributed by atoms with E-state index in [1.165, 1.54) is 44.2 Å². The second-order valence-corrected chi connectivity index (χ2v) is 5.88. The fourth-order valence-corrected chi connectivity index (χ4v) is 1.97. The molecular formula is C19H18F6O7. The standard InChI is InChI=1S/C15H12F6O4.C4H6O3/c1-3-10-4-6-11(7-5-10)8-24-12(23)13(14(16,17)18,15(19,20)21)25-9(2)22;1-3(5)7-4(2)6/h3-7H,1,8H2,2H3;1-2H3. The molecule has 1 aromatic carbocycles. The van der Waals surface area contributed by atoms with Crippen LogP contribution in [0.2, 0.25) is 0 Å². The maximum atomic E-state index is 13.0. The van der Waals surface area contributed by atoms with Gasteiger partial charge in [0.15, 0.2) is 0 Å². The first-order valence-corrected chi connectivity index (χ1v) is 8.38. The van der Waals surface area contributed by atoms with Crippen LogP contribution in [-0.2, 0) is 40.0 Å². The van der Waals surface area contributed by atoms with Gasteiger partial charge in [-0.15, -0.1) is 0 Å². The van der Waals surface area contributed by atoms with Crippen molar-refractivity contribution in [3.05, 3.63) is 42.0 Å². The third kappa shape index (κ3) is 8.04. The summed E-state index contributed by atoms with van der Waals surface area (Å²) < 4.78 is 89.5. The smallest absolute Gasteiger partial charge is 0.449 e. The van der Waals surface area contributed by atoms with E-state index in [2.05, 4.69) is 20.8 Å². The monoisotopic (exact) mass is 472 g/mol. The number of ether oxygens (including phenoxy) is 3. The second-order valence-electron chi connectivity index (χ2n) is 5.88. The van der Waals surface area contributed by atoms with Crippen molar-refractivity contribution < 1.29 is 59.7 Å². The van der Waals surface area contributed by atoms with Gasteiger partial charge in [-0.3, -0.25) is 14.4 Å². The lowest BCUT2D eigenvalue weighted by molar-refractivity contribution is -0.359. The summed E-state index contributed by atoms with van der Waals surface area (Å²) in [5.41, 5.74) is -4.64. The lowest BCUT2D eigenvalue weighted by Crippen LogP contribution is -2.65. The molecule has 32 heavy (non-hydrogen) atoms. The normalized spacial score (nSPS) is 11.4. The van der Waals surface area contributed by atoms with Gasteiger partial charge in [0.25, 0.3) is 0 Å². The van der Waals surface area contributed by atoms with Crippen molar-refractivity contribution in [2.45, 2.75) is 45.3 Å². The van der Waals surface area contributed by atoms with Gasteiger partial charge in [-0.25, -0.2) is 4.79 Å². The molecule has 0 aromatic heterocycles. The first-order valence-electron chi connectivity index (χ1n) is 8.38. The van der Waals surface area contributed by atoms with Crippen LogP contribution < -0.4 is 0 Å². The maximum Gasteiger partial charge on any atom is 0.449 e. The van der Waals surface area contributed by atoms with Gasteiger partial charge in [0, 0.05) is 20.8 Å². The molecule has 0 aliphatic carbocycles. The third-order valence-corrected chi connectivity index (χ3v) is 3.26. The number of hydrogen-bond acceptors (Lipinski definition) is 7. The summed E-state index contributed by atoms with van der Waals surface area (Å²) in [5, 5.41) is 0. The Morgan fingerprint density at radius 1 is 0.844 bits per heavy atom. The molecule has 13 heteroatoms. The van der Waals surface area contributed by atoms with E-state index in [1.54, 1.807) is 0 Å². The highest BCUT2D eigenvalue weighted by Crippen LogP contribution is 2.47. The van der Waals surface area contributed by atoms with Crippen LogP contribution in [-0.4, -0.2) is 41.8 Å². The van der Waals surface area contributed by atoms with Crippen LogP contribution in [0.4, 0.5) is 26.3 Å². The van der Waals surface area contributed by atoms with Crippen molar-refractivity contribution >= 4 is 30.0 Å². The van der Waals surface area contributed by atoms with E-state index in [0.29, 0.717) is 12.5 Å². The number of carbonyl (C=O) groups is 4. The van der Waals surface area contributed by atoms with E-state index < -0.39 is 48.4 Å². The van der Waals surface area contributed by atoms with Gasteiger partial charge in [-0.2, -0.15) is 26.3 Å². The van der Waals surface area contributed by atoms with Crippen molar-refractivity contribution in [3.63, 3.8) is 0 Å². The van der Waals surface area contributed by atoms with Crippen LogP contribution >= 0.6 is 0 Å². The molecule has 0 saturated carbocycles. The Balaban J connectivity index is 0.00000118. The largest absolute Gasteiger partial charge is 0.457 e. The van der Waals surface area contributed by atoms with Gasteiger partial charge >= 0.3 is 41.8 Å². The van der Waals surface area contributed by atoms with Crippen LogP contribution in [0, 0.1) is 0 Å². The number of hydrogen-bond donors (Lipinski definition) is 0. The zero-order chi connectivity index (χ0) is 25.3. The minimum Gasteiger partial charge on any atom is -0.457 e. The van der Waals surface area contributed by atoms with Crippen LogP contribution in [0.15, 0.2) is 30.8 Å². The van der Waals surface area contributed by atoms with E-state index in [-0.39, 0.29) is 5.56 Å². The number of carbonyl (C=O) groups excluding carboxylic acids is 4. The third-order valence-electron chi connectivity index (χ3n) is 3.26. The first-order chi connectivity index (χ1) is 14.5. The Kier molecular flexibility index (Phi) is 10.1. The fraction of sp³-hybridized carbons (Fsp3) is 0.368. The van der Waals surface area contributed by atoms with E-state index in [4.69, 9.17) is 0 Å². The molecule has 0 spiro atoms. The number of rotatable bonds is 5. The number of benzene rings is 1. The number of halogens is 6. The average Bonchev–Trinajstić information content (AvgIpc) is 2.61. The van der Waals surface area contributed by atoms with Crippen LogP contribution in [0.3, 0.4) is 0 Å². The number of esters is 4. The molecular weight excluding hydrogens is 454 g/mol. The second kappa shape index (κ2) is 11.3. The summed E-state index contributed by atoms with van der Waals surface area (Å²) in [6.45, 7) is 5.26. The predicted octanol–water partition coefficient (Wildman–Crippen LogP) is 3.90. The van der Waals surface area contributed by atoms with Crippen LogP contribution in [0.25, 0.3) is 6.08 Å². The highest BCUT2D eigenvalue weighted by Gasteiger charge is 2.80. The van der Waals surface area contributed by atoms with Crippen molar-refractivity contribution in [2.24, 2.45) is 0 Å². The zero-order valence-corrected chi connectivity index (χ0v) is 16.9. The summed E-state index contributed by atoms with van der Waals surface area (Å²) in [6, 6.07) is 5.56. The molecule has 0 unspecified atom stereocenters. The predicted molar refractivity (Wildman–Crippen MR) is 95.4 cm³/mol. The summed E-state index contributed by atoms with van der Waals surface area (Å²) in [5.74, 6) is -5.85. The summed E-state index contributed by atoms with van der Waals surface area (Å²) >= 11 is 0. The van der Waals surface area contributed by atoms with Crippen molar-refractivity contribution in [1.29, 1.82) is 0 Å². The Bertz CT molecular complexity index is 815. The average molecular weight is 472 g/mol. The number of alkyl halides is 6. The molecule has 0 radical (unpaired) electrons. The summed E-state index contributed by atoms with van der Waals surface area (Å²) in [6.07, 6.45) is -11.1.